The first kappa shape index (κ1) is 24.8. The van der Waals surface area contributed by atoms with Gasteiger partial charge in [0.25, 0.3) is 0 Å². The van der Waals surface area contributed by atoms with Gasteiger partial charge in [0.1, 0.15) is 11.2 Å². The van der Waals surface area contributed by atoms with Gasteiger partial charge in [-0.25, -0.2) is 0 Å². The van der Waals surface area contributed by atoms with Crippen LogP contribution >= 0.6 is 8.01 Å². The van der Waals surface area contributed by atoms with E-state index >= 15 is 0 Å². The monoisotopic (exact) mass is 538 g/mol. The summed E-state index contributed by atoms with van der Waals surface area (Å²) in [5.74, 6) is 0.432. The van der Waals surface area contributed by atoms with Gasteiger partial charge in [0, 0.05) is 10.8 Å². The van der Waals surface area contributed by atoms with Crippen molar-refractivity contribution in [2.24, 2.45) is 0 Å². The van der Waals surface area contributed by atoms with E-state index < -0.39 is 8.01 Å². The maximum Gasteiger partial charge on any atom is 0.221 e. The number of rotatable bonds is 5. The van der Waals surface area contributed by atoms with Gasteiger partial charge in [-0.2, -0.15) is 0 Å². The van der Waals surface area contributed by atoms with E-state index in [9.17, 15) is 0 Å². The summed E-state index contributed by atoms with van der Waals surface area (Å²) in [6, 6.07) is 47.4. The summed E-state index contributed by atoms with van der Waals surface area (Å²) in [5, 5.41) is 6.99. The van der Waals surface area contributed by atoms with E-state index in [1.54, 1.807) is 0 Å². The van der Waals surface area contributed by atoms with Gasteiger partial charge in [0.05, 0.1) is 5.66 Å². The van der Waals surface area contributed by atoms with Gasteiger partial charge < -0.3 is 8.39 Å². The van der Waals surface area contributed by atoms with Crippen molar-refractivity contribution in [3.8, 4) is 0 Å². The summed E-state index contributed by atoms with van der Waals surface area (Å²) in [5.41, 5.74) is 4.49. The van der Waals surface area contributed by atoms with Crippen molar-refractivity contribution in [3.05, 3.63) is 145 Å². The van der Waals surface area contributed by atoms with Crippen LogP contribution in [0.2, 0.25) is 0 Å². The molecule has 0 aliphatic rings. The molecule has 0 fully saturated rings. The Morgan fingerprint density at radius 3 is 1.30 bits per heavy atom. The molecule has 40 heavy (non-hydrogen) atoms. The molecule has 1 aromatic heterocycles. The molecule has 0 saturated heterocycles. The predicted molar refractivity (Wildman–Crippen MR) is 170 cm³/mol. The van der Waals surface area contributed by atoms with E-state index in [-0.39, 0.29) is 17.5 Å². The van der Waals surface area contributed by atoms with Gasteiger partial charge in [-0.15, -0.1) is 0 Å². The van der Waals surface area contributed by atoms with Crippen molar-refractivity contribution in [1.82, 2.24) is 0 Å². The summed E-state index contributed by atoms with van der Waals surface area (Å²) in [6.45, 7) is 4.64. The number of hydrogen-bond acceptors (Lipinski definition) is 2. The highest BCUT2D eigenvalue weighted by Gasteiger charge is 2.32. The summed E-state index contributed by atoms with van der Waals surface area (Å²) in [7, 11) is -1.37. The van der Waals surface area contributed by atoms with E-state index in [2.05, 4.69) is 147 Å². The average Bonchev–Trinajstić information content (AvgIpc) is 3.19. The molecule has 2 nitrogen and oxygen atoms in total. The van der Waals surface area contributed by atoms with Crippen LogP contribution in [0.25, 0.3) is 43.5 Å². The highest BCUT2D eigenvalue weighted by molar-refractivity contribution is 7.37. The topological polar surface area (TPSA) is 26.3 Å². The molecule has 0 amide bonds. The first-order valence-electron chi connectivity index (χ1n) is 14.0. The summed E-state index contributed by atoms with van der Waals surface area (Å²) >= 11 is 0. The van der Waals surface area contributed by atoms with Crippen molar-refractivity contribution in [2.45, 2.75) is 31.3 Å². The molecule has 7 aromatic rings. The summed E-state index contributed by atoms with van der Waals surface area (Å²) < 4.78 is 14.2. The minimum atomic E-state index is -1.37. The Morgan fingerprint density at radius 2 is 0.850 bits per heavy atom. The molecular formula is C37H31O2P. The number of hydrogen-bond donors (Lipinski definition) is 0. The molecule has 0 bridgehead atoms. The van der Waals surface area contributed by atoms with Gasteiger partial charge in [-0.1, -0.05) is 135 Å². The molecule has 0 saturated carbocycles. The fourth-order valence-electron chi connectivity index (χ4n) is 6.21. The van der Waals surface area contributed by atoms with Crippen LogP contribution in [-0.2, 0) is 0 Å². The lowest BCUT2D eigenvalue weighted by Gasteiger charge is -2.28. The molecule has 2 atom stereocenters. The Balaban J connectivity index is 1.60. The Morgan fingerprint density at radius 1 is 0.450 bits per heavy atom. The van der Waals surface area contributed by atoms with Crippen molar-refractivity contribution >= 4 is 51.5 Å². The zero-order valence-electron chi connectivity index (χ0n) is 22.7. The predicted octanol–water partition coefficient (Wildman–Crippen LogP) is 11.7. The molecule has 6 aromatic carbocycles. The minimum absolute atomic E-state index is 0.108. The van der Waals surface area contributed by atoms with Crippen molar-refractivity contribution < 1.29 is 8.39 Å². The average molecular weight is 539 g/mol. The van der Waals surface area contributed by atoms with Crippen molar-refractivity contribution in [3.63, 3.8) is 0 Å². The van der Waals surface area contributed by atoms with E-state index in [0.717, 1.165) is 21.9 Å². The molecule has 0 spiro atoms. The third-order valence-corrected chi connectivity index (χ3v) is 10.5. The molecule has 0 unspecified atom stereocenters. The molecule has 0 aliphatic carbocycles. The first-order valence-corrected chi connectivity index (χ1v) is 15.2. The quantitative estimate of drug-likeness (QED) is 0.218. The zero-order valence-corrected chi connectivity index (χ0v) is 23.6. The normalized spacial score (nSPS) is 13.3. The van der Waals surface area contributed by atoms with Crippen LogP contribution in [0.4, 0.5) is 0 Å². The van der Waals surface area contributed by atoms with Crippen molar-refractivity contribution in [2.75, 3.05) is 0 Å². The molecule has 3 heteroatoms. The zero-order chi connectivity index (χ0) is 27.1. The second-order valence-electron chi connectivity index (χ2n) is 10.7. The number of fused-ring (bicyclic) bond motifs is 7. The molecule has 0 N–H and O–H groups in total. The van der Waals surface area contributed by atoms with Crippen LogP contribution in [0.5, 0.6) is 0 Å². The Labute approximate surface area is 235 Å². The maximum absolute atomic E-state index is 7.09. The fourth-order valence-corrected chi connectivity index (χ4v) is 8.26. The third kappa shape index (κ3) is 4.30. The lowest BCUT2D eigenvalue weighted by molar-refractivity contribution is 0.513. The van der Waals surface area contributed by atoms with Gasteiger partial charge >= 0.3 is 0 Å². The number of benzene rings is 6. The van der Waals surface area contributed by atoms with E-state index in [4.69, 9.17) is 8.39 Å². The van der Waals surface area contributed by atoms with E-state index in [0.29, 0.717) is 0 Å². The lowest BCUT2D eigenvalue weighted by atomic mass is 9.86. The van der Waals surface area contributed by atoms with Gasteiger partial charge in [0.2, 0.25) is 8.01 Å². The minimum Gasteiger partial charge on any atom is -0.419 e. The highest BCUT2D eigenvalue weighted by Crippen LogP contribution is 2.56. The molecule has 7 rings (SSSR count). The van der Waals surface area contributed by atoms with E-state index in [1.807, 2.05) is 0 Å². The fraction of sp³-hybridized carbons (Fsp3) is 0.135. The SMILES string of the molecule is C[C@H](c1ccccc1)C([C@H](C)c1ccccc1)p1oc2ccc3ccccc3c2c2c(ccc3ccccc32)o1. The summed E-state index contributed by atoms with van der Waals surface area (Å²) in [4.78, 5) is 0. The largest absolute Gasteiger partial charge is 0.419 e. The Kier molecular flexibility index (Phi) is 6.42. The van der Waals surface area contributed by atoms with Crippen molar-refractivity contribution in [1.29, 1.82) is 0 Å². The van der Waals surface area contributed by atoms with Gasteiger partial charge in [0.15, 0.2) is 0 Å². The lowest BCUT2D eigenvalue weighted by Crippen LogP contribution is -2.10. The second-order valence-corrected chi connectivity index (χ2v) is 12.2. The maximum atomic E-state index is 7.09. The Hall–Kier alpha value is -4.26. The van der Waals surface area contributed by atoms with Crippen LogP contribution in [0, 0.1) is 0 Å². The molecule has 0 aliphatic heterocycles. The van der Waals surface area contributed by atoms with Gasteiger partial charge in [-0.05, 0) is 56.6 Å². The van der Waals surface area contributed by atoms with Gasteiger partial charge in [-0.3, -0.25) is 0 Å². The van der Waals surface area contributed by atoms with Crippen LogP contribution in [0.3, 0.4) is 0 Å². The third-order valence-electron chi connectivity index (χ3n) is 8.33. The first-order chi connectivity index (χ1) is 19.7. The smallest absolute Gasteiger partial charge is 0.221 e. The van der Waals surface area contributed by atoms with Crippen LogP contribution in [0.1, 0.15) is 42.5 Å². The molecule has 196 valence electrons. The second kappa shape index (κ2) is 10.4. The molecular weight excluding hydrogens is 507 g/mol. The highest BCUT2D eigenvalue weighted by atomic mass is 31.1. The van der Waals surface area contributed by atoms with Crippen LogP contribution in [-0.4, -0.2) is 0 Å². The Bertz CT molecular complexity index is 1850. The van der Waals surface area contributed by atoms with E-state index in [1.165, 1.54) is 32.7 Å². The van der Waals surface area contributed by atoms with Crippen LogP contribution in [0.15, 0.2) is 142 Å². The summed E-state index contributed by atoms with van der Waals surface area (Å²) in [6.07, 6.45) is 0. The molecule has 1 heterocycles. The molecule has 0 radical (unpaired) electrons. The van der Waals surface area contributed by atoms with Crippen LogP contribution < -0.4 is 0 Å². The standard InChI is InChI=1S/C37H31O2P/c1-25(27-13-5-3-6-14-27)37(26(2)28-15-7-4-8-16-28)40-38-33-23-21-29-17-9-11-19-31(29)35(33)36-32-20-12-10-18-30(32)22-24-34(36)39-40/h3-26,37H,1-2H3/t25-,26-/m1/s1.